The fourth-order valence-electron chi connectivity index (χ4n) is 5.54. The average molecular weight is 429 g/mol. The van der Waals surface area contributed by atoms with Gasteiger partial charge >= 0.3 is 5.97 Å². The molecular weight excluding hydrogens is 400 g/mol. The predicted molar refractivity (Wildman–Crippen MR) is 125 cm³/mol. The third kappa shape index (κ3) is 3.60. The van der Waals surface area contributed by atoms with Crippen LogP contribution in [-0.4, -0.2) is 39.7 Å². The summed E-state index contributed by atoms with van der Waals surface area (Å²) in [5.74, 6) is 2.00. The van der Waals surface area contributed by atoms with Gasteiger partial charge in [-0.15, -0.1) is 6.42 Å². The van der Waals surface area contributed by atoms with Gasteiger partial charge in [-0.25, -0.2) is 4.79 Å². The number of aromatic carboxylic acids is 1. The average Bonchev–Trinajstić information content (AvgIpc) is 3.47. The van der Waals surface area contributed by atoms with Crippen LogP contribution in [0.3, 0.4) is 0 Å². The molecule has 1 unspecified atom stereocenters. The SMILES string of the molecule is C#Cc1cc(C)c2[nH]ccc2c1CN1CCC2(CCCO2)C[C@H]1c1ccc(C(=O)O)cc1. The van der Waals surface area contributed by atoms with E-state index >= 15 is 0 Å². The largest absolute Gasteiger partial charge is 0.478 e. The molecule has 1 spiro atoms. The molecule has 3 heterocycles. The molecule has 0 aliphatic carbocycles. The Morgan fingerprint density at radius 2 is 2.12 bits per heavy atom. The van der Waals surface area contributed by atoms with Gasteiger partial charge < -0.3 is 14.8 Å². The molecule has 2 fully saturated rings. The number of ether oxygens (including phenoxy) is 1. The second-order valence-corrected chi connectivity index (χ2v) is 9.13. The zero-order chi connectivity index (χ0) is 22.3. The van der Waals surface area contributed by atoms with Gasteiger partial charge in [0.05, 0.1) is 11.2 Å². The highest BCUT2D eigenvalue weighted by Gasteiger charge is 2.43. The molecule has 1 aromatic heterocycles. The van der Waals surface area contributed by atoms with Crippen LogP contribution in [0.25, 0.3) is 10.9 Å². The molecule has 5 rings (SSSR count). The lowest BCUT2D eigenvalue weighted by atomic mass is 9.81. The topological polar surface area (TPSA) is 65.6 Å². The molecule has 5 heteroatoms. The number of benzene rings is 2. The number of rotatable bonds is 4. The number of hydrogen-bond acceptors (Lipinski definition) is 3. The molecule has 2 aliphatic heterocycles. The summed E-state index contributed by atoms with van der Waals surface area (Å²) in [6.07, 6.45) is 12.0. The molecule has 0 saturated carbocycles. The lowest BCUT2D eigenvalue weighted by Gasteiger charge is -2.45. The van der Waals surface area contributed by atoms with Crippen molar-refractivity contribution in [3.63, 3.8) is 0 Å². The number of nitrogens with one attached hydrogen (secondary N) is 1. The summed E-state index contributed by atoms with van der Waals surface area (Å²) in [5.41, 5.74) is 5.76. The van der Waals surface area contributed by atoms with Crippen molar-refractivity contribution in [3.05, 3.63) is 70.4 Å². The van der Waals surface area contributed by atoms with Crippen molar-refractivity contribution in [1.29, 1.82) is 0 Å². The van der Waals surface area contributed by atoms with Crippen LogP contribution in [0, 0.1) is 19.3 Å². The number of hydrogen-bond donors (Lipinski definition) is 2. The molecule has 164 valence electrons. The lowest BCUT2D eigenvalue weighted by molar-refractivity contribution is -0.0675. The molecule has 0 amide bonds. The van der Waals surface area contributed by atoms with E-state index < -0.39 is 5.97 Å². The van der Waals surface area contributed by atoms with Crippen molar-refractivity contribution in [2.24, 2.45) is 0 Å². The van der Waals surface area contributed by atoms with Crippen LogP contribution in [0.15, 0.2) is 42.6 Å². The number of carbonyl (C=O) groups is 1. The predicted octanol–water partition coefficient (Wildman–Crippen LogP) is 5.04. The maximum atomic E-state index is 11.3. The zero-order valence-corrected chi connectivity index (χ0v) is 18.4. The van der Waals surface area contributed by atoms with E-state index in [4.69, 9.17) is 11.2 Å². The fraction of sp³-hybridized carbons (Fsp3) is 0.370. The van der Waals surface area contributed by atoms with E-state index in [1.54, 1.807) is 12.1 Å². The van der Waals surface area contributed by atoms with Crippen molar-refractivity contribution in [1.82, 2.24) is 9.88 Å². The van der Waals surface area contributed by atoms with Crippen molar-refractivity contribution < 1.29 is 14.6 Å². The molecular formula is C27H28N2O3. The minimum absolute atomic E-state index is 0.0712. The highest BCUT2D eigenvalue weighted by atomic mass is 16.5. The summed E-state index contributed by atoms with van der Waals surface area (Å²) in [5, 5.41) is 10.5. The van der Waals surface area contributed by atoms with Crippen LogP contribution in [0.1, 0.15) is 64.3 Å². The smallest absolute Gasteiger partial charge is 0.335 e. The Morgan fingerprint density at radius 1 is 1.31 bits per heavy atom. The highest BCUT2D eigenvalue weighted by Crippen LogP contribution is 2.45. The van der Waals surface area contributed by atoms with Crippen LogP contribution >= 0.6 is 0 Å². The molecule has 3 aromatic rings. The summed E-state index contributed by atoms with van der Waals surface area (Å²) >= 11 is 0. The van der Waals surface area contributed by atoms with Gasteiger partial charge in [-0.3, -0.25) is 4.90 Å². The van der Waals surface area contributed by atoms with Gasteiger partial charge in [0.1, 0.15) is 0 Å². The van der Waals surface area contributed by atoms with E-state index in [1.807, 2.05) is 18.3 Å². The molecule has 5 nitrogen and oxygen atoms in total. The van der Waals surface area contributed by atoms with E-state index in [-0.39, 0.29) is 11.6 Å². The summed E-state index contributed by atoms with van der Waals surface area (Å²) in [6, 6.07) is 11.7. The van der Waals surface area contributed by atoms with E-state index in [0.29, 0.717) is 5.56 Å². The van der Waals surface area contributed by atoms with Crippen LogP contribution in [0.5, 0.6) is 0 Å². The number of aryl methyl sites for hydroxylation is 1. The maximum absolute atomic E-state index is 11.3. The molecule has 32 heavy (non-hydrogen) atoms. The Hall–Kier alpha value is -3.07. The number of H-pyrrole nitrogens is 1. The Bertz CT molecular complexity index is 1200. The monoisotopic (exact) mass is 428 g/mol. The first kappa shape index (κ1) is 20.8. The van der Waals surface area contributed by atoms with Crippen molar-refractivity contribution in [2.75, 3.05) is 13.2 Å². The quantitative estimate of drug-likeness (QED) is 0.571. The maximum Gasteiger partial charge on any atom is 0.335 e. The Kier molecular flexibility index (Phi) is 5.28. The lowest BCUT2D eigenvalue weighted by Crippen LogP contribution is -2.45. The number of terminal acetylenes is 1. The molecule has 2 atom stereocenters. The summed E-state index contributed by atoms with van der Waals surface area (Å²) < 4.78 is 6.25. The fourth-order valence-corrected chi connectivity index (χ4v) is 5.54. The van der Waals surface area contributed by atoms with Gasteiger partial charge in [-0.2, -0.15) is 0 Å². The number of aromatic amines is 1. The Balaban J connectivity index is 1.53. The molecule has 2 aliphatic rings. The molecule has 2 N–H and O–H groups in total. The Morgan fingerprint density at radius 3 is 2.81 bits per heavy atom. The first-order valence-electron chi connectivity index (χ1n) is 11.3. The van der Waals surface area contributed by atoms with Crippen LogP contribution in [0.4, 0.5) is 0 Å². The van der Waals surface area contributed by atoms with Gasteiger partial charge in [0, 0.05) is 48.4 Å². The first-order chi connectivity index (χ1) is 15.5. The first-order valence-corrected chi connectivity index (χ1v) is 11.3. The third-order valence-electron chi connectivity index (χ3n) is 7.26. The van der Waals surface area contributed by atoms with Gasteiger partial charge in [0.2, 0.25) is 0 Å². The van der Waals surface area contributed by atoms with Crippen molar-refractivity contribution in [3.8, 4) is 12.3 Å². The number of fused-ring (bicyclic) bond motifs is 1. The van der Waals surface area contributed by atoms with Gasteiger partial charge in [-0.05, 0) is 73.6 Å². The third-order valence-corrected chi connectivity index (χ3v) is 7.26. The molecule has 0 bridgehead atoms. The summed E-state index contributed by atoms with van der Waals surface area (Å²) in [7, 11) is 0. The molecule has 0 radical (unpaired) electrons. The van der Waals surface area contributed by atoms with Crippen molar-refractivity contribution in [2.45, 2.75) is 50.8 Å². The molecule has 2 aromatic carbocycles. The van der Waals surface area contributed by atoms with E-state index in [1.165, 1.54) is 10.9 Å². The minimum atomic E-state index is -0.902. The molecule has 2 saturated heterocycles. The summed E-state index contributed by atoms with van der Waals surface area (Å²) in [6.45, 7) is 4.57. The van der Waals surface area contributed by atoms with Crippen LogP contribution in [0.2, 0.25) is 0 Å². The van der Waals surface area contributed by atoms with E-state index in [9.17, 15) is 9.90 Å². The minimum Gasteiger partial charge on any atom is -0.478 e. The van der Waals surface area contributed by atoms with Crippen LogP contribution < -0.4 is 0 Å². The standard InChI is InChI=1S/C27H28N2O3/c1-3-19-15-18(2)25-22(9-12-28-25)23(19)17-29-13-11-27(10-4-14-32-27)16-24(29)20-5-7-21(8-6-20)26(30)31/h1,5-9,12,15,24,28H,4,10-11,13-14,16-17H2,2H3,(H,30,31)/t24-,27?/m0/s1. The number of aromatic nitrogens is 1. The zero-order valence-electron chi connectivity index (χ0n) is 18.4. The van der Waals surface area contributed by atoms with Gasteiger partial charge in [0.15, 0.2) is 0 Å². The number of carboxylic acid groups (broad SMARTS) is 1. The summed E-state index contributed by atoms with van der Waals surface area (Å²) in [4.78, 5) is 17.2. The van der Waals surface area contributed by atoms with Crippen molar-refractivity contribution >= 4 is 16.9 Å². The van der Waals surface area contributed by atoms with E-state index in [2.05, 4.69) is 34.9 Å². The highest BCUT2D eigenvalue weighted by molar-refractivity contribution is 5.88. The normalized spacial score (nSPS) is 23.6. The second-order valence-electron chi connectivity index (χ2n) is 9.13. The second kappa shape index (κ2) is 8.12. The number of piperidine rings is 1. The number of carboxylic acids is 1. The number of likely N-dealkylation sites (tertiary alicyclic amines) is 1. The number of nitrogens with zero attached hydrogens (tertiary/aromatic N) is 1. The van der Waals surface area contributed by atoms with Crippen LogP contribution in [-0.2, 0) is 11.3 Å². The van der Waals surface area contributed by atoms with Gasteiger partial charge in [0.25, 0.3) is 0 Å². The Labute approximate surface area is 188 Å². The van der Waals surface area contributed by atoms with E-state index in [0.717, 1.165) is 67.6 Å². The van der Waals surface area contributed by atoms with Gasteiger partial charge in [-0.1, -0.05) is 18.1 Å².